The first kappa shape index (κ1) is 11.9. The zero-order valence-corrected chi connectivity index (χ0v) is 12.2. The van der Waals surface area contributed by atoms with Gasteiger partial charge in [-0.2, -0.15) is 0 Å². The number of hydrogen-bond donors (Lipinski definition) is 0. The van der Waals surface area contributed by atoms with E-state index in [4.69, 9.17) is 0 Å². The fourth-order valence-corrected chi connectivity index (χ4v) is 6.35. The zero-order chi connectivity index (χ0) is 11.5. The molecule has 2 aromatic carbocycles. The molecule has 0 heterocycles. The third-order valence-corrected chi connectivity index (χ3v) is 7.65. The van der Waals surface area contributed by atoms with Crippen LogP contribution in [0.25, 0.3) is 0 Å². The molecular formula is C14H15PSe. The third kappa shape index (κ3) is 2.38. The Balaban J connectivity index is 2.48. The first-order chi connectivity index (χ1) is 7.70. The Kier molecular flexibility index (Phi) is 3.82. The van der Waals surface area contributed by atoms with Crippen LogP contribution in [0.4, 0.5) is 0 Å². The average Bonchev–Trinajstić information content (AvgIpc) is 2.29. The molecule has 0 saturated carbocycles. The molecule has 0 saturated heterocycles. The van der Waals surface area contributed by atoms with Crippen molar-refractivity contribution in [1.29, 1.82) is 0 Å². The van der Waals surface area contributed by atoms with Gasteiger partial charge in [-0.3, -0.25) is 0 Å². The monoisotopic (exact) mass is 294 g/mol. The van der Waals surface area contributed by atoms with Crippen molar-refractivity contribution in [1.82, 2.24) is 0 Å². The fraction of sp³-hybridized carbons (Fsp3) is 0.143. The minimum absolute atomic E-state index is 0.730. The molecule has 0 N–H and O–H groups in total. The molecule has 0 bridgehead atoms. The van der Waals surface area contributed by atoms with Crippen LogP contribution in [0.1, 0.15) is 11.1 Å². The first-order valence-electron chi connectivity index (χ1n) is 5.36. The van der Waals surface area contributed by atoms with Gasteiger partial charge in [0.05, 0.1) is 0 Å². The van der Waals surface area contributed by atoms with Crippen molar-refractivity contribution < 1.29 is 0 Å². The molecule has 0 aromatic heterocycles. The van der Waals surface area contributed by atoms with Crippen LogP contribution < -0.4 is 10.6 Å². The van der Waals surface area contributed by atoms with E-state index in [2.05, 4.69) is 77.5 Å². The second kappa shape index (κ2) is 5.15. The van der Waals surface area contributed by atoms with E-state index in [9.17, 15) is 0 Å². The number of rotatable bonds is 2. The normalized spacial score (nSPS) is 10.7. The SMILES string of the molecule is Cc1ccccc1[PH](=[Se])c1ccccc1C. The molecule has 0 fully saturated rings. The van der Waals surface area contributed by atoms with E-state index in [1.54, 1.807) is 0 Å². The maximum atomic E-state index is 3.39. The van der Waals surface area contributed by atoms with Gasteiger partial charge in [0.2, 0.25) is 0 Å². The van der Waals surface area contributed by atoms with Gasteiger partial charge in [0.1, 0.15) is 0 Å². The van der Waals surface area contributed by atoms with Crippen molar-refractivity contribution in [3.8, 4) is 0 Å². The summed E-state index contributed by atoms with van der Waals surface area (Å²) in [5.74, 6) is 0. The summed E-state index contributed by atoms with van der Waals surface area (Å²) in [4.78, 5) is 0. The summed E-state index contributed by atoms with van der Waals surface area (Å²) < 4.78 is 0. The van der Waals surface area contributed by atoms with Gasteiger partial charge >= 0.3 is 105 Å². The molecule has 0 aliphatic rings. The zero-order valence-electron chi connectivity index (χ0n) is 9.53. The van der Waals surface area contributed by atoms with Crippen LogP contribution in [0, 0.1) is 13.8 Å². The van der Waals surface area contributed by atoms with E-state index in [0.29, 0.717) is 0 Å². The van der Waals surface area contributed by atoms with Crippen LogP contribution in [-0.2, 0) is 0 Å². The molecule has 0 radical (unpaired) electrons. The van der Waals surface area contributed by atoms with Crippen LogP contribution in [0.5, 0.6) is 0 Å². The molecule has 2 heteroatoms. The van der Waals surface area contributed by atoms with E-state index in [1.807, 2.05) is 0 Å². The Morgan fingerprint density at radius 2 is 1.12 bits per heavy atom. The molecular weight excluding hydrogens is 278 g/mol. The molecule has 82 valence electrons. The molecule has 0 unspecified atom stereocenters. The Morgan fingerprint density at radius 1 is 0.750 bits per heavy atom. The van der Waals surface area contributed by atoms with Gasteiger partial charge < -0.3 is 0 Å². The van der Waals surface area contributed by atoms with E-state index in [0.717, 1.165) is 0 Å². The summed E-state index contributed by atoms with van der Waals surface area (Å²) >= 11 is 3.39. The van der Waals surface area contributed by atoms with E-state index in [-0.39, 0.29) is 0 Å². The van der Waals surface area contributed by atoms with Crippen molar-refractivity contribution in [2.45, 2.75) is 13.8 Å². The fourth-order valence-electron chi connectivity index (χ4n) is 1.80. The van der Waals surface area contributed by atoms with Gasteiger partial charge in [-0.05, 0) is 0 Å². The summed E-state index contributed by atoms with van der Waals surface area (Å²) in [7, 11) is 0. The van der Waals surface area contributed by atoms with Gasteiger partial charge in [-0.1, -0.05) is 0 Å². The van der Waals surface area contributed by atoms with E-state index < -0.39 is 6.17 Å². The summed E-state index contributed by atoms with van der Waals surface area (Å²) in [6, 6.07) is 17.3. The molecule has 0 amide bonds. The van der Waals surface area contributed by atoms with Crippen LogP contribution in [-0.4, -0.2) is 15.1 Å². The molecule has 2 rings (SSSR count). The molecule has 0 aliphatic heterocycles. The molecule has 16 heavy (non-hydrogen) atoms. The van der Waals surface area contributed by atoms with Crippen LogP contribution >= 0.6 is 6.17 Å². The second-order valence-corrected chi connectivity index (χ2v) is 8.26. The predicted molar refractivity (Wildman–Crippen MR) is 75.7 cm³/mol. The predicted octanol–water partition coefficient (Wildman–Crippen LogP) is 2.55. The topological polar surface area (TPSA) is 0 Å². The van der Waals surface area contributed by atoms with Gasteiger partial charge in [-0.15, -0.1) is 0 Å². The second-order valence-electron chi connectivity index (χ2n) is 3.96. The molecule has 0 nitrogen and oxygen atoms in total. The summed E-state index contributed by atoms with van der Waals surface area (Å²) in [6.45, 7) is 4.38. The quantitative estimate of drug-likeness (QED) is 0.590. The minimum atomic E-state index is -0.730. The maximum absolute atomic E-state index is 3.39. The molecule has 0 aliphatic carbocycles. The van der Waals surface area contributed by atoms with E-state index >= 15 is 0 Å². The van der Waals surface area contributed by atoms with E-state index in [1.165, 1.54) is 21.7 Å². The van der Waals surface area contributed by atoms with Crippen molar-refractivity contribution in [3.63, 3.8) is 0 Å². The van der Waals surface area contributed by atoms with Crippen molar-refractivity contribution >= 4 is 31.9 Å². The van der Waals surface area contributed by atoms with Crippen LogP contribution in [0.3, 0.4) is 0 Å². The summed E-state index contributed by atoms with van der Waals surface area (Å²) in [5, 5.41) is 2.95. The van der Waals surface area contributed by atoms with Gasteiger partial charge in [-0.25, -0.2) is 0 Å². The number of aryl methyl sites for hydroxylation is 2. The molecule has 2 aromatic rings. The Bertz CT molecular complexity index is 484. The number of hydrogen-bond acceptors (Lipinski definition) is 0. The van der Waals surface area contributed by atoms with Crippen LogP contribution in [0.15, 0.2) is 48.5 Å². The summed E-state index contributed by atoms with van der Waals surface area (Å²) in [6.07, 6.45) is -0.730. The summed E-state index contributed by atoms with van der Waals surface area (Å²) in [5.41, 5.74) is 2.77. The average molecular weight is 293 g/mol. The van der Waals surface area contributed by atoms with Crippen LogP contribution in [0.2, 0.25) is 0 Å². The standard InChI is InChI=1S/C14H15PSe/c1-11-7-3-5-9-13(11)15(16)14-10-6-4-8-12(14)2/h3-10,15H,1-2H3. The van der Waals surface area contributed by atoms with Crippen molar-refractivity contribution in [2.75, 3.05) is 0 Å². The third-order valence-electron chi connectivity index (χ3n) is 2.78. The Hall–Kier alpha value is -0.611. The molecule has 0 atom stereocenters. The van der Waals surface area contributed by atoms with Crippen molar-refractivity contribution in [3.05, 3.63) is 59.7 Å². The van der Waals surface area contributed by atoms with Crippen molar-refractivity contribution in [2.24, 2.45) is 0 Å². The Morgan fingerprint density at radius 3 is 1.50 bits per heavy atom. The van der Waals surface area contributed by atoms with Gasteiger partial charge in [0.15, 0.2) is 0 Å². The van der Waals surface area contributed by atoms with Gasteiger partial charge in [0, 0.05) is 0 Å². The first-order valence-corrected chi connectivity index (χ1v) is 9.34. The number of benzene rings is 2. The molecule has 0 spiro atoms. The van der Waals surface area contributed by atoms with Gasteiger partial charge in [0.25, 0.3) is 0 Å². The Labute approximate surface area is 105 Å².